The summed E-state index contributed by atoms with van der Waals surface area (Å²) in [5.41, 5.74) is 0. The molecular formula is C6H12O2S2. The first-order valence-corrected chi connectivity index (χ1v) is 6.31. The first kappa shape index (κ1) is 8.40. The molecule has 0 saturated carbocycles. The molecule has 1 heterocycles. The summed E-state index contributed by atoms with van der Waals surface area (Å²) in [5.74, 6) is 0.792. The number of rotatable bonds is 1. The van der Waals surface area contributed by atoms with Gasteiger partial charge in [0.2, 0.25) is 0 Å². The molecule has 0 radical (unpaired) electrons. The first-order chi connectivity index (χ1) is 4.50. The Bertz CT molecular complexity index is 208. The van der Waals surface area contributed by atoms with Gasteiger partial charge in [0.15, 0.2) is 9.84 Å². The van der Waals surface area contributed by atoms with E-state index in [1.54, 1.807) is 11.8 Å². The summed E-state index contributed by atoms with van der Waals surface area (Å²) in [6, 6.07) is 0. The van der Waals surface area contributed by atoms with E-state index in [-0.39, 0.29) is 5.25 Å². The summed E-state index contributed by atoms with van der Waals surface area (Å²) in [7, 11) is -2.76. The average molecular weight is 180 g/mol. The third-order valence-electron chi connectivity index (χ3n) is 1.77. The normalized spacial score (nSPS) is 34.6. The van der Waals surface area contributed by atoms with Crippen molar-refractivity contribution in [2.45, 2.75) is 23.8 Å². The van der Waals surface area contributed by atoms with Gasteiger partial charge in [0.05, 0.1) is 5.25 Å². The lowest BCUT2D eigenvalue weighted by Crippen LogP contribution is -2.19. The topological polar surface area (TPSA) is 34.1 Å². The summed E-state index contributed by atoms with van der Waals surface area (Å²) < 4.78 is 21.9. The van der Waals surface area contributed by atoms with Gasteiger partial charge in [-0.3, -0.25) is 0 Å². The molecule has 4 heteroatoms. The molecule has 60 valence electrons. The molecule has 10 heavy (non-hydrogen) atoms. The van der Waals surface area contributed by atoms with Crippen LogP contribution < -0.4 is 0 Å². The average Bonchev–Trinajstić information content (AvgIpc) is 2.11. The van der Waals surface area contributed by atoms with Crippen LogP contribution in [0.2, 0.25) is 0 Å². The predicted octanol–water partition coefficient (Wildman–Crippen LogP) is 0.925. The fraction of sp³-hybridized carbons (Fsp3) is 1.00. The maximum absolute atomic E-state index is 11.0. The number of sulfone groups is 1. The smallest absolute Gasteiger partial charge is 0.151 e. The van der Waals surface area contributed by atoms with Crippen LogP contribution in [-0.2, 0) is 9.84 Å². The molecule has 0 aromatic rings. The lowest BCUT2D eigenvalue weighted by molar-refractivity contribution is 0.587. The first-order valence-electron chi connectivity index (χ1n) is 3.30. The van der Waals surface area contributed by atoms with E-state index in [1.807, 2.05) is 0 Å². The third-order valence-corrected chi connectivity index (χ3v) is 4.90. The highest BCUT2D eigenvalue weighted by molar-refractivity contribution is 8.02. The minimum absolute atomic E-state index is 0.0764. The summed E-state index contributed by atoms with van der Waals surface area (Å²) in [6.45, 7) is 2.08. The van der Waals surface area contributed by atoms with Gasteiger partial charge in [-0.2, -0.15) is 11.8 Å². The van der Waals surface area contributed by atoms with Crippen molar-refractivity contribution in [3.63, 3.8) is 0 Å². The lowest BCUT2D eigenvalue weighted by Gasteiger charge is -2.03. The van der Waals surface area contributed by atoms with Crippen LogP contribution in [0.5, 0.6) is 0 Å². The van der Waals surface area contributed by atoms with Crippen LogP contribution in [0.25, 0.3) is 0 Å². The van der Waals surface area contributed by atoms with E-state index in [4.69, 9.17) is 0 Å². The zero-order chi connectivity index (χ0) is 7.78. The zero-order valence-electron chi connectivity index (χ0n) is 6.20. The van der Waals surface area contributed by atoms with E-state index in [0.29, 0.717) is 5.25 Å². The Hall–Kier alpha value is 0.300. The minimum atomic E-state index is -2.76. The molecule has 0 aliphatic carbocycles. The maximum atomic E-state index is 11.0. The highest BCUT2D eigenvalue weighted by Crippen LogP contribution is 2.29. The van der Waals surface area contributed by atoms with Crippen LogP contribution >= 0.6 is 11.8 Å². The molecular weight excluding hydrogens is 168 g/mol. The van der Waals surface area contributed by atoms with E-state index in [9.17, 15) is 8.42 Å². The summed E-state index contributed by atoms with van der Waals surface area (Å²) in [6.07, 6.45) is 2.17. The van der Waals surface area contributed by atoms with Crippen LogP contribution in [0, 0.1) is 0 Å². The van der Waals surface area contributed by atoms with Crippen LogP contribution in [0.3, 0.4) is 0 Å². The van der Waals surface area contributed by atoms with E-state index in [0.717, 1.165) is 12.2 Å². The van der Waals surface area contributed by atoms with Gasteiger partial charge < -0.3 is 0 Å². The molecule has 0 aromatic heterocycles. The molecule has 2 unspecified atom stereocenters. The Labute approximate surface area is 66.3 Å². The van der Waals surface area contributed by atoms with Gasteiger partial charge in [-0.15, -0.1) is 0 Å². The Morgan fingerprint density at radius 3 is 2.30 bits per heavy atom. The minimum Gasteiger partial charge on any atom is -0.229 e. The second-order valence-electron chi connectivity index (χ2n) is 2.83. The van der Waals surface area contributed by atoms with Gasteiger partial charge in [0, 0.05) is 17.3 Å². The van der Waals surface area contributed by atoms with Crippen molar-refractivity contribution in [1.82, 2.24) is 0 Å². The van der Waals surface area contributed by atoms with Gasteiger partial charge in [-0.1, -0.05) is 6.92 Å². The molecule has 2 nitrogen and oxygen atoms in total. The highest BCUT2D eigenvalue weighted by Gasteiger charge is 2.29. The second kappa shape index (κ2) is 2.74. The molecule has 2 atom stereocenters. The Balaban J connectivity index is 2.62. The second-order valence-corrected chi connectivity index (χ2v) is 6.63. The van der Waals surface area contributed by atoms with Crippen LogP contribution in [-0.4, -0.2) is 30.9 Å². The molecule has 1 saturated heterocycles. The van der Waals surface area contributed by atoms with E-state index in [2.05, 4.69) is 6.92 Å². The number of thioether (sulfide) groups is 1. The standard InChI is InChI=1S/C6H12O2S2/c1-5-3-6(4-9-5)10(2,7)8/h5-6H,3-4H2,1-2H3. The monoisotopic (exact) mass is 180 g/mol. The van der Waals surface area contributed by atoms with E-state index < -0.39 is 9.84 Å². The van der Waals surface area contributed by atoms with Crippen molar-refractivity contribution in [1.29, 1.82) is 0 Å². The SMILES string of the molecule is CC1CC(S(C)(=O)=O)CS1. The third kappa shape index (κ3) is 1.89. The molecule has 0 bridgehead atoms. The van der Waals surface area contributed by atoms with Gasteiger partial charge >= 0.3 is 0 Å². The summed E-state index contributed by atoms with van der Waals surface area (Å²) >= 11 is 1.75. The molecule has 1 rings (SSSR count). The molecule has 0 amide bonds. The predicted molar refractivity (Wildman–Crippen MR) is 45.2 cm³/mol. The van der Waals surface area contributed by atoms with Gasteiger partial charge in [-0.05, 0) is 6.42 Å². The van der Waals surface area contributed by atoms with Crippen LogP contribution in [0.4, 0.5) is 0 Å². The Kier molecular flexibility index (Phi) is 2.30. The molecule has 0 spiro atoms. The van der Waals surface area contributed by atoms with Gasteiger partial charge in [0.25, 0.3) is 0 Å². The summed E-state index contributed by atoms with van der Waals surface area (Å²) in [5, 5.41) is 0.451. The van der Waals surface area contributed by atoms with Crippen molar-refractivity contribution in [2.24, 2.45) is 0 Å². The van der Waals surface area contributed by atoms with Crippen LogP contribution in [0.1, 0.15) is 13.3 Å². The van der Waals surface area contributed by atoms with Crippen molar-refractivity contribution in [3.05, 3.63) is 0 Å². The molecule has 0 aromatic carbocycles. The molecule has 0 N–H and O–H groups in total. The van der Waals surface area contributed by atoms with Crippen molar-refractivity contribution in [3.8, 4) is 0 Å². The molecule has 1 aliphatic heterocycles. The number of hydrogen-bond acceptors (Lipinski definition) is 3. The number of hydrogen-bond donors (Lipinski definition) is 0. The molecule has 1 aliphatic rings. The van der Waals surface area contributed by atoms with E-state index >= 15 is 0 Å². The quantitative estimate of drug-likeness (QED) is 0.602. The van der Waals surface area contributed by atoms with Crippen molar-refractivity contribution in [2.75, 3.05) is 12.0 Å². The van der Waals surface area contributed by atoms with E-state index in [1.165, 1.54) is 6.26 Å². The fourth-order valence-corrected chi connectivity index (χ4v) is 4.11. The van der Waals surface area contributed by atoms with Crippen LogP contribution in [0.15, 0.2) is 0 Å². The van der Waals surface area contributed by atoms with Gasteiger partial charge in [0.1, 0.15) is 0 Å². The largest absolute Gasteiger partial charge is 0.229 e. The van der Waals surface area contributed by atoms with Crippen molar-refractivity contribution < 1.29 is 8.42 Å². The zero-order valence-corrected chi connectivity index (χ0v) is 7.83. The highest BCUT2D eigenvalue weighted by atomic mass is 32.2. The summed E-state index contributed by atoms with van der Waals surface area (Å²) in [4.78, 5) is 0. The Morgan fingerprint density at radius 2 is 2.10 bits per heavy atom. The van der Waals surface area contributed by atoms with Gasteiger partial charge in [-0.25, -0.2) is 8.42 Å². The Morgan fingerprint density at radius 1 is 1.50 bits per heavy atom. The van der Waals surface area contributed by atoms with Crippen molar-refractivity contribution >= 4 is 21.6 Å². The maximum Gasteiger partial charge on any atom is 0.151 e. The molecule has 1 fully saturated rings. The lowest BCUT2D eigenvalue weighted by atomic mass is 10.3. The fourth-order valence-electron chi connectivity index (χ4n) is 1.08.